The molecule has 0 aliphatic rings. The van der Waals surface area contributed by atoms with Crippen LogP contribution in [0.15, 0.2) is 60.2 Å². The molecular weight excluding hydrogens is 306 g/mol. The average molecular weight is 338 g/mol. The molecule has 1 N–H and O–H groups in total. The first-order valence-electron chi connectivity index (χ1n) is 8.98. The van der Waals surface area contributed by atoms with Gasteiger partial charge in [0.25, 0.3) is 0 Å². The molecular formula is C23H31NO. The predicted octanol–water partition coefficient (Wildman–Crippen LogP) is 4.57. The lowest BCUT2D eigenvalue weighted by Crippen LogP contribution is -2.44. The van der Waals surface area contributed by atoms with Crippen molar-refractivity contribution in [2.24, 2.45) is 5.92 Å². The summed E-state index contributed by atoms with van der Waals surface area (Å²) in [5.41, 5.74) is 3.65. The SMILES string of the molecule is C/C(=C/c1ccccc1)C(O)(Cc1cccc(C)c1)C(C)CN(C)C. The first-order chi connectivity index (χ1) is 11.8. The molecule has 0 heterocycles. The summed E-state index contributed by atoms with van der Waals surface area (Å²) in [6.07, 6.45) is 2.74. The maximum Gasteiger partial charge on any atom is 0.0935 e. The highest BCUT2D eigenvalue weighted by atomic mass is 16.3. The summed E-state index contributed by atoms with van der Waals surface area (Å²) in [5, 5.41) is 11.7. The molecule has 0 aliphatic carbocycles. The van der Waals surface area contributed by atoms with Gasteiger partial charge in [0, 0.05) is 18.9 Å². The Morgan fingerprint density at radius 3 is 2.40 bits per heavy atom. The Labute approximate surface area is 152 Å². The maximum absolute atomic E-state index is 11.7. The summed E-state index contributed by atoms with van der Waals surface area (Å²) in [6, 6.07) is 18.7. The van der Waals surface area contributed by atoms with Gasteiger partial charge in [-0.1, -0.05) is 73.2 Å². The third-order valence-corrected chi connectivity index (χ3v) is 4.88. The fraction of sp³-hybridized carbons (Fsp3) is 0.391. The lowest BCUT2D eigenvalue weighted by atomic mass is 9.77. The molecule has 2 heteroatoms. The molecule has 2 unspecified atom stereocenters. The first-order valence-corrected chi connectivity index (χ1v) is 8.98. The van der Waals surface area contributed by atoms with Crippen molar-refractivity contribution < 1.29 is 5.11 Å². The second-order valence-corrected chi connectivity index (χ2v) is 7.49. The van der Waals surface area contributed by atoms with E-state index in [1.165, 1.54) is 11.1 Å². The van der Waals surface area contributed by atoms with Crippen LogP contribution in [0.5, 0.6) is 0 Å². The van der Waals surface area contributed by atoms with E-state index in [0.29, 0.717) is 6.42 Å². The van der Waals surface area contributed by atoms with Crippen LogP contribution < -0.4 is 0 Å². The molecule has 0 aromatic heterocycles. The smallest absolute Gasteiger partial charge is 0.0935 e. The van der Waals surface area contributed by atoms with Gasteiger partial charge in [-0.25, -0.2) is 0 Å². The van der Waals surface area contributed by atoms with Crippen molar-refractivity contribution in [3.63, 3.8) is 0 Å². The summed E-state index contributed by atoms with van der Waals surface area (Å²) >= 11 is 0. The van der Waals surface area contributed by atoms with Crippen molar-refractivity contribution in [2.45, 2.75) is 32.8 Å². The molecule has 25 heavy (non-hydrogen) atoms. The summed E-state index contributed by atoms with van der Waals surface area (Å²) < 4.78 is 0. The summed E-state index contributed by atoms with van der Waals surface area (Å²) in [6.45, 7) is 7.12. The molecule has 134 valence electrons. The van der Waals surface area contributed by atoms with Gasteiger partial charge in [0.05, 0.1) is 5.60 Å². The number of rotatable bonds is 7. The van der Waals surface area contributed by atoms with Crippen LogP contribution in [0.4, 0.5) is 0 Å². The fourth-order valence-electron chi connectivity index (χ4n) is 3.46. The minimum atomic E-state index is -0.881. The normalized spacial score (nSPS) is 15.9. The molecule has 0 fully saturated rings. The zero-order valence-electron chi connectivity index (χ0n) is 16.2. The van der Waals surface area contributed by atoms with Crippen molar-refractivity contribution in [1.82, 2.24) is 4.90 Å². The number of aryl methyl sites for hydroxylation is 1. The van der Waals surface area contributed by atoms with Crippen LogP contribution in [0.3, 0.4) is 0 Å². The number of hydrogen-bond acceptors (Lipinski definition) is 2. The van der Waals surface area contributed by atoms with E-state index in [2.05, 4.69) is 82.2 Å². The second kappa shape index (κ2) is 8.46. The summed E-state index contributed by atoms with van der Waals surface area (Å²) in [4.78, 5) is 2.14. The standard InChI is InChI=1S/C23H31NO/c1-18-10-9-13-22(14-18)16-23(25,20(3)17-24(4)5)19(2)15-21-11-7-6-8-12-21/h6-15,20,25H,16-17H2,1-5H3/b19-15-. The fourth-order valence-corrected chi connectivity index (χ4v) is 3.46. The van der Waals surface area contributed by atoms with Crippen LogP contribution >= 0.6 is 0 Å². The summed E-state index contributed by atoms with van der Waals surface area (Å²) in [7, 11) is 4.11. The van der Waals surface area contributed by atoms with Crippen LogP contribution in [0, 0.1) is 12.8 Å². The lowest BCUT2D eigenvalue weighted by Gasteiger charge is -2.37. The molecule has 2 atom stereocenters. The molecule has 0 amide bonds. The highest BCUT2D eigenvalue weighted by molar-refractivity contribution is 5.55. The average Bonchev–Trinajstić information content (AvgIpc) is 2.55. The number of benzene rings is 2. The van der Waals surface area contributed by atoms with Gasteiger partial charge in [-0.2, -0.15) is 0 Å². The number of nitrogens with zero attached hydrogens (tertiary/aromatic N) is 1. The summed E-state index contributed by atoms with van der Waals surface area (Å²) in [5.74, 6) is 0.114. The largest absolute Gasteiger partial charge is 0.385 e. The van der Waals surface area contributed by atoms with Crippen LogP contribution in [0.25, 0.3) is 6.08 Å². The first kappa shape index (κ1) is 19.4. The highest BCUT2D eigenvalue weighted by Crippen LogP contribution is 2.32. The minimum absolute atomic E-state index is 0.114. The van der Waals surface area contributed by atoms with Crippen LogP contribution in [0.1, 0.15) is 30.5 Å². The second-order valence-electron chi connectivity index (χ2n) is 7.49. The quantitative estimate of drug-likeness (QED) is 0.800. The van der Waals surface area contributed by atoms with Gasteiger partial charge in [-0.3, -0.25) is 0 Å². The van der Waals surface area contributed by atoms with Crippen molar-refractivity contribution in [3.8, 4) is 0 Å². The van der Waals surface area contributed by atoms with E-state index < -0.39 is 5.60 Å². The molecule has 0 aliphatic heterocycles. The minimum Gasteiger partial charge on any atom is -0.385 e. The molecule has 0 radical (unpaired) electrons. The van der Waals surface area contributed by atoms with Gasteiger partial charge in [0.1, 0.15) is 0 Å². The van der Waals surface area contributed by atoms with E-state index in [-0.39, 0.29) is 5.92 Å². The molecule has 0 spiro atoms. The van der Waals surface area contributed by atoms with Crippen LogP contribution in [0.2, 0.25) is 0 Å². The van der Waals surface area contributed by atoms with E-state index in [1.807, 2.05) is 18.2 Å². The molecule has 0 saturated heterocycles. The van der Waals surface area contributed by atoms with Crippen LogP contribution in [-0.2, 0) is 6.42 Å². The third-order valence-electron chi connectivity index (χ3n) is 4.88. The molecule has 2 rings (SSSR count). The zero-order valence-corrected chi connectivity index (χ0v) is 16.2. The number of hydrogen-bond donors (Lipinski definition) is 1. The van der Waals surface area contributed by atoms with Crippen molar-refractivity contribution in [1.29, 1.82) is 0 Å². The molecule has 2 aromatic rings. The molecule has 0 bridgehead atoms. The van der Waals surface area contributed by atoms with Gasteiger partial charge in [-0.05, 0) is 44.6 Å². The monoisotopic (exact) mass is 337 g/mol. The lowest BCUT2D eigenvalue weighted by molar-refractivity contribution is 0.0149. The maximum atomic E-state index is 11.7. The number of aliphatic hydroxyl groups is 1. The Morgan fingerprint density at radius 2 is 1.80 bits per heavy atom. The van der Waals surface area contributed by atoms with Gasteiger partial charge >= 0.3 is 0 Å². The van der Waals surface area contributed by atoms with E-state index in [9.17, 15) is 5.11 Å². The van der Waals surface area contributed by atoms with Crippen LogP contribution in [-0.4, -0.2) is 36.2 Å². The van der Waals surface area contributed by atoms with Crippen molar-refractivity contribution in [3.05, 3.63) is 76.9 Å². The van der Waals surface area contributed by atoms with Gasteiger partial charge in [-0.15, -0.1) is 0 Å². The topological polar surface area (TPSA) is 23.5 Å². The highest BCUT2D eigenvalue weighted by Gasteiger charge is 2.36. The molecule has 2 aromatic carbocycles. The van der Waals surface area contributed by atoms with Gasteiger partial charge < -0.3 is 10.0 Å². The Kier molecular flexibility index (Phi) is 6.57. The predicted molar refractivity (Wildman–Crippen MR) is 108 cm³/mol. The van der Waals surface area contributed by atoms with Crippen molar-refractivity contribution >= 4 is 6.08 Å². The van der Waals surface area contributed by atoms with Crippen molar-refractivity contribution in [2.75, 3.05) is 20.6 Å². The van der Waals surface area contributed by atoms with E-state index in [4.69, 9.17) is 0 Å². The molecule has 0 saturated carbocycles. The Morgan fingerprint density at radius 1 is 1.12 bits per heavy atom. The Balaban J connectivity index is 2.38. The van der Waals surface area contributed by atoms with E-state index in [0.717, 1.165) is 17.7 Å². The molecule has 2 nitrogen and oxygen atoms in total. The van der Waals surface area contributed by atoms with Gasteiger partial charge in [0.15, 0.2) is 0 Å². The zero-order chi connectivity index (χ0) is 18.4. The van der Waals surface area contributed by atoms with Gasteiger partial charge in [0.2, 0.25) is 0 Å². The van der Waals surface area contributed by atoms with E-state index in [1.54, 1.807) is 0 Å². The Hall–Kier alpha value is -1.90. The third kappa shape index (κ3) is 5.29. The van der Waals surface area contributed by atoms with E-state index >= 15 is 0 Å². The Bertz CT molecular complexity index is 705.